The SMILES string of the molecule is N=C(N)c1cccc(/C(=C\C(=O)Nc2ccc(-c3ccccc3S(N)(=O)=O)cc2)CN=CC=CN)c1. The van der Waals surface area contributed by atoms with Gasteiger partial charge in [0.25, 0.3) is 0 Å². The van der Waals surface area contributed by atoms with E-state index in [1.165, 1.54) is 24.6 Å². The highest BCUT2D eigenvalue weighted by atomic mass is 32.2. The standard InChI is InChI=1S/C26H26N6O3S/c27-13-4-14-31-17-21(19-5-3-6-20(15-19)26(28)29)16-25(33)32-22-11-9-18(10-12-22)23-7-1-2-8-24(23)36(30,34)35/h1-16H,17,27H2,(H3,28,29)(H,32,33)(H2,30,34,35)/b13-4?,21-16-,31-14?. The average Bonchev–Trinajstić information content (AvgIpc) is 2.86. The summed E-state index contributed by atoms with van der Waals surface area (Å²) in [6.07, 6.45) is 5.87. The summed E-state index contributed by atoms with van der Waals surface area (Å²) in [5.41, 5.74) is 14.4. The molecule has 0 aliphatic carbocycles. The molecule has 0 radical (unpaired) electrons. The quantitative estimate of drug-likeness (QED) is 0.171. The van der Waals surface area contributed by atoms with Crippen LogP contribution in [0.3, 0.4) is 0 Å². The summed E-state index contributed by atoms with van der Waals surface area (Å²) in [4.78, 5) is 17.1. The topological polar surface area (TPSA) is 178 Å². The first-order chi connectivity index (χ1) is 17.2. The zero-order valence-corrected chi connectivity index (χ0v) is 20.1. The Morgan fingerprint density at radius 2 is 1.69 bits per heavy atom. The van der Waals surface area contributed by atoms with E-state index in [0.717, 1.165) is 0 Å². The minimum atomic E-state index is -3.89. The molecule has 0 aliphatic heterocycles. The number of carbonyl (C=O) groups excluding carboxylic acids is 1. The maximum absolute atomic E-state index is 12.8. The van der Waals surface area contributed by atoms with Crippen molar-refractivity contribution in [1.82, 2.24) is 0 Å². The van der Waals surface area contributed by atoms with Gasteiger partial charge in [-0.2, -0.15) is 0 Å². The third kappa shape index (κ3) is 6.98. The lowest BCUT2D eigenvalue weighted by molar-refractivity contribution is -0.111. The van der Waals surface area contributed by atoms with Crippen molar-refractivity contribution in [3.63, 3.8) is 0 Å². The van der Waals surface area contributed by atoms with E-state index in [2.05, 4.69) is 10.3 Å². The predicted molar refractivity (Wildman–Crippen MR) is 144 cm³/mol. The molecule has 0 heterocycles. The number of amides is 1. The number of hydrogen-bond donors (Lipinski definition) is 5. The molecule has 0 saturated heterocycles. The molecule has 3 aromatic carbocycles. The summed E-state index contributed by atoms with van der Waals surface area (Å²) in [6.45, 7) is 0.197. The van der Waals surface area contributed by atoms with Gasteiger partial charge in [-0.25, -0.2) is 13.6 Å². The summed E-state index contributed by atoms with van der Waals surface area (Å²) >= 11 is 0. The highest BCUT2D eigenvalue weighted by Crippen LogP contribution is 2.27. The first kappa shape index (κ1) is 26.1. The number of benzene rings is 3. The van der Waals surface area contributed by atoms with Crippen LogP contribution in [0.5, 0.6) is 0 Å². The molecule has 9 nitrogen and oxygen atoms in total. The second kappa shape index (κ2) is 11.7. The van der Waals surface area contributed by atoms with Crippen LogP contribution in [0.25, 0.3) is 16.7 Å². The molecule has 0 aromatic heterocycles. The van der Waals surface area contributed by atoms with Gasteiger partial charge < -0.3 is 16.8 Å². The number of anilines is 1. The Morgan fingerprint density at radius 3 is 2.36 bits per heavy atom. The summed E-state index contributed by atoms with van der Waals surface area (Å²) in [5, 5.41) is 15.8. The lowest BCUT2D eigenvalue weighted by Crippen LogP contribution is -2.13. The summed E-state index contributed by atoms with van der Waals surface area (Å²) < 4.78 is 23.8. The Kier molecular flexibility index (Phi) is 8.50. The molecule has 0 bridgehead atoms. The normalized spacial score (nSPS) is 12.2. The molecule has 184 valence electrons. The van der Waals surface area contributed by atoms with E-state index in [0.29, 0.717) is 33.5 Å². The van der Waals surface area contributed by atoms with Crippen LogP contribution in [0.2, 0.25) is 0 Å². The van der Waals surface area contributed by atoms with Crippen molar-refractivity contribution >= 4 is 39.2 Å². The first-order valence-electron chi connectivity index (χ1n) is 10.7. The van der Waals surface area contributed by atoms with Gasteiger partial charge >= 0.3 is 0 Å². The number of primary sulfonamides is 1. The number of aliphatic imine (C=N–C) groups is 1. The van der Waals surface area contributed by atoms with E-state index in [-0.39, 0.29) is 23.2 Å². The molecular formula is C26H26N6O3S. The van der Waals surface area contributed by atoms with Crippen LogP contribution in [0.1, 0.15) is 11.1 Å². The van der Waals surface area contributed by atoms with Crippen molar-refractivity contribution in [3.8, 4) is 11.1 Å². The number of nitrogen functional groups attached to an aromatic ring is 1. The van der Waals surface area contributed by atoms with Gasteiger partial charge in [-0.15, -0.1) is 0 Å². The zero-order valence-electron chi connectivity index (χ0n) is 19.3. The Morgan fingerprint density at radius 1 is 1.00 bits per heavy atom. The van der Waals surface area contributed by atoms with E-state index in [9.17, 15) is 13.2 Å². The van der Waals surface area contributed by atoms with Crippen LogP contribution < -0.4 is 21.9 Å². The number of nitrogens with two attached hydrogens (primary N) is 3. The van der Waals surface area contributed by atoms with Crippen molar-refractivity contribution in [3.05, 3.63) is 102 Å². The fourth-order valence-electron chi connectivity index (χ4n) is 3.39. The Bertz CT molecular complexity index is 1460. The lowest BCUT2D eigenvalue weighted by Gasteiger charge is -2.10. The van der Waals surface area contributed by atoms with Crippen molar-refractivity contribution in [1.29, 1.82) is 5.41 Å². The Labute approximate surface area is 209 Å². The van der Waals surface area contributed by atoms with Gasteiger partial charge in [0.15, 0.2) is 0 Å². The number of nitrogens with one attached hydrogen (secondary N) is 2. The molecule has 0 unspecified atom stereocenters. The number of rotatable bonds is 9. The van der Waals surface area contributed by atoms with E-state index < -0.39 is 10.0 Å². The molecule has 0 atom stereocenters. The van der Waals surface area contributed by atoms with Gasteiger partial charge in [-0.3, -0.25) is 15.2 Å². The molecular weight excluding hydrogens is 476 g/mol. The molecule has 0 fully saturated rings. The van der Waals surface area contributed by atoms with Crippen molar-refractivity contribution in [2.75, 3.05) is 11.9 Å². The minimum Gasteiger partial charge on any atom is -0.405 e. The maximum Gasteiger partial charge on any atom is 0.248 e. The van der Waals surface area contributed by atoms with Gasteiger partial charge in [0.1, 0.15) is 5.84 Å². The van der Waals surface area contributed by atoms with Crippen LogP contribution in [0.4, 0.5) is 5.69 Å². The lowest BCUT2D eigenvalue weighted by atomic mass is 10.0. The maximum atomic E-state index is 12.8. The van der Waals surface area contributed by atoms with Crippen molar-refractivity contribution in [2.24, 2.45) is 21.6 Å². The van der Waals surface area contributed by atoms with Crippen LogP contribution in [-0.4, -0.2) is 32.9 Å². The number of amidine groups is 1. The fraction of sp³-hybridized carbons (Fsp3) is 0.0385. The third-order valence-corrected chi connectivity index (χ3v) is 6.04. The number of carbonyl (C=O) groups is 1. The molecule has 36 heavy (non-hydrogen) atoms. The molecule has 10 heteroatoms. The van der Waals surface area contributed by atoms with Gasteiger partial charge in [0.05, 0.1) is 11.4 Å². The number of nitrogens with zero attached hydrogens (tertiary/aromatic N) is 1. The molecule has 3 rings (SSSR count). The highest BCUT2D eigenvalue weighted by molar-refractivity contribution is 7.89. The molecule has 0 spiro atoms. The van der Waals surface area contributed by atoms with Gasteiger partial charge in [-0.05, 0) is 53.2 Å². The van der Waals surface area contributed by atoms with E-state index in [1.54, 1.807) is 72.8 Å². The molecule has 0 aliphatic rings. The van der Waals surface area contributed by atoms with E-state index in [4.69, 9.17) is 22.0 Å². The monoisotopic (exact) mass is 502 g/mol. The van der Waals surface area contributed by atoms with Gasteiger partial charge in [-0.1, -0.05) is 48.5 Å². The second-order valence-corrected chi connectivity index (χ2v) is 9.18. The second-order valence-electron chi connectivity index (χ2n) is 7.65. The van der Waals surface area contributed by atoms with E-state index in [1.807, 2.05) is 0 Å². The first-order valence-corrected chi connectivity index (χ1v) is 12.3. The Balaban J connectivity index is 1.85. The molecule has 8 N–H and O–H groups in total. The fourth-order valence-corrected chi connectivity index (χ4v) is 4.15. The number of sulfonamides is 1. The van der Waals surface area contributed by atoms with Gasteiger partial charge in [0, 0.05) is 29.1 Å². The van der Waals surface area contributed by atoms with E-state index >= 15 is 0 Å². The van der Waals surface area contributed by atoms with Crippen LogP contribution in [0.15, 0.2) is 101 Å². The largest absolute Gasteiger partial charge is 0.405 e. The third-order valence-electron chi connectivity index (χ3n) is 5.07. The summed E-state index contributed by atoms with van der Waals surface area (Å²) in [6, 6.07) is 20.1. The number of hydrogen-bond acceptors (Lipinski definition) is 6. The Hall–Kier alpha value is -4.54. The zero-order chi connectivity index (χ0) is 26.1. The van der Waals surface area contributed by atoms with Crippen LogP contribution in [0, 0.1) is 5.41 Å². The molecule has 1 amide bonds. The minimum absolute atomic E-state index is 0.0205. The van der Waals surface area contributed by atoms with Crippen molar-refractivity contribution in [2.45, 2.75) is 4.90 Å². The molecule has 0 saturated carbocycles. The molecule has 3 aromatic rings. The average molecular weight is 503 g/mol. The smallest absolute Gasteiger partial charge is 0.248 e. The number of allylic oxidation sites excluding steroid dienone is 1. The summed E-state index contributed by atoms with van der Waals surface area (Å²) in [7, 11) is -3.89. The predicted octanol–water partition coefficient (Wildman–Crippen LogP) is 2.85. The highest BCUT2D eigenvalue weighted by Gasteiger charge is 2.14. The van der Waals surface area contributed by atoms with Crippen LogP contribution >= 0.6 is 0 Å². The van der Waals surface area contributed by atoms with Crippen molar-refractivity contribution < 1.29 is 13.2 Å². The van der Waals surface area contributed by atoms with Crippen LogP contribution in [-0.2, 0) is 14.8 Å². The summed E-state index contributed by atoms with van der Waals surface area (Å²) in [5.74, 6) is -0.472. The van der Waals surface area contributed by atoms with Gasteiger partial charge in [0.2, 0.25) is 15.9 Å².